The highest BCUT2D eigenvalue weighted by Gasteiger charge is 2.08. The quantitative estimate of drug-likeness (QED) is 0.673. The number of aromatic hydroxyl groups is 1. The van der Waals surface area contributed by atoms with Gasteiger partial charge in [-0.1, -0.05) is 17.7 Å². The van der Waals surface area contributed by atoms with E-state index < -0.39 is 0 Å². The van der Waals surface area contributed by atoms with Crippen molar-refractivity contribution in [2.75, 3.05) is 7.11 Å². The van der Waals surface area contributed by atoms with Crippen LogP contribution in [0.15, 0.2) is 47.6 Å². The van der Waals surface area contributed by atoms with Crippen molar-refractivity contribution in [2.24, 2.45) is 5.10 Å². The van der Waals surface area contributed by atoms with E-state index in [0.29, 0.717) is 22.6 Å². The van der Waals surface area contributed by atoms with Crippen molar-refractivity contribution in [3.8, 4) is 11.5 Å². The van der Waals surface area contributed by atoms with Gasteiger partial charge in [-0.2, -0.15) is 5.10 Å². The predicted molar refractivity (Wildman–Crippen MR) is 85.5 cm³/mol. The van der Waals surface area contributed by atoms with Gasteiger partial charge in [0.1, 0.15) is 11.5 Å². The summed E-state index contributed by atoms with van der Waals surface area (Å²) in [5, 5.41) is 13.9. The minimum Gasteiger partial charge on any atom is -0.507 e. The van der Waals surface area contributed by atoms with Crippen LogP contribution in [0, 0.1) is 6.92 Å². The van der Waals surface area contributed by atoms with E-state index in [1.165, 1.54) is 6.07 Å². The maximum Gasteiger partial charge on any atom is 0.271 e. The van der Waals surface area contributed by atoms with E-state index in [9.17, 15) is 9.90 Å². The lowest BCUT2D eigenvalue weighted by Gasteiger charge is -2.07. The third-order valence-corrected chi connectivity index (χ3v) is 3.20. The molecule has 22 heavy (non-hydrogen) atoms. The van der Waals surface area contributed by atoms with Gasteiger partial charge in [-0.3, -0.25) is 4.79 Å². The predicted octanol–water partition coefficient (Wildman–Crippen LogP) is 2.86. The van der Waals surface area contributed by atoms with Gasteiger partial charge < -0.3 is 9.84 Å². The van der Waals surface area contributed by atoms with Crippen LogP contribution in [-0.4, -0.2) is 23.8 Å². The highest BCUT2D eigenvalue weighted by molar-refractivity contribution is 6.02. The van der Waals surface area contributed by atoms with Gasteiger partial charge in [0.2, 0.25) is 0 Å². The van der Waals surface area contributed by atoms with Crippen LogP contribution in [0.2, 0.25) is 0 Å². The standard InChI is InChI=1S/C17H18N2O3/c1-11-5-4-6-13(9-11)17(21)19-18-12(2)15-10-14(22-3)7-8-16(15)20/h4-10,20H,1-3H3,(H,19,21)/b18-12+. The number of carbonyl (C=O) groups excluding carboxylic acids is 1. The summed E-state index contributed by atoms with van der Waals surface area (Å²) in [6, 6.07) is 12.1. The van der Waals surface area contributed by atoms with Gasteiger partial charge in [0.15, 0.2) is 0 Å². The molecule has 114 valence electrons. The molecule has 0 aliphatic rings. The fraction of sp³-hybridized carbons (Fsp3) is 0.176. The minimum absolute atomic E-state index is 0.0758. The highest BCUT2D eigenvalue weighted by atomic mass is 16.5. The average Bonchev–Trinajstić information content (AvgIpc) is 2.52. The Bertz CT molecular complexity index is 724. The molecule has 0 unspecified atom stereocenters. The summed E-state index contributed by atoms with van der Waals surface area (Å²) in [7, 11) is 1.54. The molecule has 0 atom stereocenters. The second kappa shape index (κ2) is 6.76. The SMILES string of the molecule is COc1ccc(O)c(/C(C)=N/NC(=O)c2cccc(C)c2)c1. The summed E-state index contributed by atoms with van der Waals surface area (Å²) < 4.78 is 5.11. The van der Waals surface area contributed by atoms with Gasteiger partial charge in [0.05, 0.1) is 12.8 Å². The van der Waals surface area contributed by atoms with E-state index in [1.54, 1.807) is 38.3 Å². The van der Waals surface area contributed by atoms with Crippen LogP contribution in [0.1, 0.15) is 28.4 Å². The van der Waals surface area contributed by atoms with E-state index in [2.05, 4.69) is 10.5 Å². The minimum atomic E-state index is -0.301. The monoisotopic (exact) mass is 298 g/mol. The number of ether oxygens (including phenoxy) is 1. The van der Waals surface area contributed by atoms with Gasteiger partial charge in [0, 0.05) is 11.1 Å². The molecule has 0 saturated heterocycles. The Balaban J connectivity index is 2.17. The normalized spacial score (nSPS) is 11.1. The topological polar surface area (TPSA) is 70.9 Å². The van der Waals surface area contributed by atoms with E-state index in [4.69, 9.17) is 4.74 Å². The van der Waals surface area contributed by atoms with Gasteiger partial charge >= 0.3 is 0 Å². The summed E-state index contributed by atoms with van der Waals surface area (Å²) >= 11 is 0. The van der Waals surface area contributed by atoms with Crippen molar-refractivity contribution in [3.05, 3.63) is 59.2 Å². The molecule has 0 fully saturated rings. The molecule has 5 nitrogen and oxygen atoms in total. The number of benzene rings is 2. The Morgan fingerprint density at radius 1 is 1.23 bits per heavy atom. The van der Waals surface area contributed by atoms with Crippen LogP contribution < -0.4 is 10.2 Å². The first kappa shape index (κ1) is 15.6. The number of nitrogens with one attached hydrogen (secondary N) is 1. The second-order valence-electron chi connectivity index (χ2n) is 4.89. The molecule has 1 amide bonds. The Labute approximate surface area is 129 Å². The third-order valence-electron chi connectivity index (χ3n) is 3.20. The van der Waals surface area contributed by atoms with Crippen LogP contribution in [0.4, 0.5) is 0 Å². The van der Waals surface area contributed by atoms with Crippen LogP contribution in [0.5, 0.6) is 11.5 Å². The molecule has 0 saturated carbocycles. The number of hydrogen-bond acceptors (Lipinski definition) is 4. The number of hydrogen-bond donors (Lipinski definition) is 2. The van der Waals surface area contributed by atoms with Crippen molar-refractivity contribution in [1.82, 2.24) is 5.43 Å². The summed E-state index contributed by atoms with van der Waals surface area (Å²) in [6.07, 6.45) is 0. The van der Waals surface area contributed by atoms with E-state index in [-0.39, 0.29) is 11.7 Å². The van der Waals surface area contributed by atoms with Crippen LogP contribution in [0.3, 0.4) is 0 Å². The number of nitrogens with zero attached hydrogens (tertiary/aromatic N) is 1. The molecule has 5 heteroatoms. The third kappa shape index (κ3) is 3.63. The zero-order valence-electron chi connectivity index (χ0n) is 12.8. The Kier molecular flexibility index (Phi) is 4.78. The number of hydrazone groups is 1. The zero-order chi connectivity index (χ0) is 16.1. The van der Waals surface area contributed by atoms with Crippen molar-refractivity contribution in [1.29, 1.82) is 0 Å². The Hall–Kier alpha value is -2.82. The summed E-state index contributed by atoms with van der Waals surface area (Å²) in [4.78, 5) is 12.0. The maximum atomic E-state index is 12.0. The summed E-state index contributed by atoms with van der Waals surface area (Å²) in [5.41, 5.74) is 5.01. The van der Waals surface area contributed by atoms with Gasteiger partial charge in [0.25, 0.3) is 5.91 Å². The van der Waals surface area contributed by atoms with Gasteiger partial charge in [-0.15, -0.1) is 0 Å². The lowest BCUT2D eigenvalue weighted by molar-refractivity contribution is 0.0954. The van der Waals surface area contributed by atoms with Crippen LogP contribution >= 0.6 is 0 Å². The van der Waals surface area contributed by atoms with Crippen molar-refractivity contribution >= 4 is 11.6 Å². The number of rotatable bonds is 4. The summed E-state index contributed by atoms with van der Waals surface area (Å²) in [5.74, 6) is 0.379. The maximum absolute atomic E-state index is 12.0. The van der Waals surface area contributed by atoms with Gasteiger partial charge in [-0.05, 0) is 44.2 Å². The summed E-state index contributed by atoms with van der Waals surface area (Å²) in [6.45, 7) is 3.62. The molecule has 0 bridgehead atoms. The van der Waals surface area contributed by atoms with Crippen LogP contribution in [-0.2, 0) is 0 Å². The molecule has 0 heterocycles. The molecule has 0 aliphatic carbocycles. The van der Waals surface area contributed by atoms with Crippen molar-refractivity contribution in [2.45, 2.75) is 13.8 Å². The van der Waals surface area contributed by atoms with E-state index in [1.807, 2.05) is 19.1 Å². The Morgan fingerprint density at radius 3 is 2.68 bits per heavy atom. The molecule has 2 N–H and O–H groups in total. The molecule has 0 radical (unpaired) electrons. The smallest absolute Gasteiger partial charge is 0.271 e. The average molecular weight is 298 g/mol. The van der Waals surface area contributed by atoms with Crippen molar-refractivity contribution < 1.29 is 14.6 Å². The molecular weight excluding hydrogens is 280 g/mol. The van der Waals surface area contributed by atoms with Gasteiger partial charge in [-0.25, -0.2) is 5.43 Å². The van der Waals surface area contributed by atoms with Crippen molar-refractivity contribution in [3.63, 3.8) is 0 Å². The largest absolute Gasteiger partial charge is 0.507 e. The molecule has 2 aromatic carbocycles. The molecule has 0 spiro atoms. The number of phenolic OH excluding ortho intramolecular Hbond substituents is 1. The number of aryl methyl sites for hydroxylation is 1. The number of amides is 1. The Morgan fingerprint density at radius 2 is 2.00 bits per heavy atom. The van der Waals surface area contributed by atoms with E-state index in [0.717, 1.165) is 5.56 Å². The van der Waals surface area contributed by atoms with E-state index >= 15 is 0 Å². The fourth-order valence-electron chi connectivity index (χ4n) is 1.98. The molecule has 0 aliphatic heterocycles. The van der Waals surface area contributed by atoms with Crippen LogP contribution in [0.25, 0.3) is 0 Å². The molecule has 0 aromatic heterocycles. The highest BCUT2D eigenvalue weighted by Crippen LogP contribution is 2.23. The fourth-order valence-corrected chi connectivity index (χ4v) is 1.98. The lowest BCUT2D eigenvalue weighted by atomic mass is 10.1. The second-order valence-corrected chi connectivity index (χ2v) is 4.89. The first-order chi connectivity index (χ1) is 10.5. The molecular formula is C17H18N2O3. The number of carbonyl (C=O) groups is 1. The first-order valence-corrected chi connectivity index (χ1v) is 6.80. The molecule has 2 aromatic rings. The zero-order valence-corrected chi connectivity index (χ0v) is 12.8. The lowest BCUT2D eigenvalue weighted by Crippen LogP contribution is -2.19. The molecule has 2 rings (SSSR count). The number of methoxy groups -OCH3 is 1. The number of phenols is 1. The first-order valence-electron chi connectivity index (χ1n) is 6.80.